The maximum atomic E-state index is 14.6. The van der Waals surface area contributed by atoms with Crippen LogP contribution in [0.2, 0.25) is 0 Å². The van der Waals surface area contributed by atoms with E-state index in [-0.39, 0.29) is 18.4 Å². The molecule has 1 fully saturated rings. The predicted octanol–water partition coefficient (Wildman–Crippen LogP) is 3.67. The molecule has 8 nitrogen and oxygen atoms in total. The highest BCUT2D eigenvalue weighted by molar-refractivity contribution is 5.89. The highest BCUT2D eigenvalue weighted by atomic mass is 19.1. The highest BCUT2D eigenvalue weighted by Gasteiger charge is 2.39. The van der Waals surface area contributed by atoms with Crippen LogP contribution < -0.4 is 15.0 Å². The lowest BCUT2D eigenvalue weighted by Gasteiger charge is -2.23. The third kappa shape index (κ3) is 5.19. The molecular weight excluding hydrogens is 410 g/mol. The molecule has 0 saturated carbocycles. The second-order valence-electron chi connectivity index (χ2n) is 7.87. The van der Waals surface area contributed by atoms with Crippen molar-refractivity contribution in [2.45, 2.75) is 45.9 Å². The SMILES string of the molecule is CC(C)COc1ccc([C@H](C)Nc2ncc(F)c(N3C(=O)OCC3[C@@H](C)O)n2)c(F)c1. The largest absolute Gasteiger partial charge is 0.493 e. The number of aliphatic hydroxyl groups excluding tert-OH is 1. The number of nitrogens with zero attached hydrogens (tertiary/aromatic N) is 3. The van der Waals surface area contributed by atoms with Crippen LogP contribution in [0.4, 0.5) is 25.3 Å². The van der Waals surface area contributed by atoms with Crippen LogP contribution in [0.1, 0.15) is 39.3 Å². The van der Waals surface area contributed by atoms with Crippen LogP contribution in [0.3, 0.4) is 0 Å². The maximum absolute atomic E-state index is 14.6. The minimum absolute atomic E-state index is 0.00697. The molecule has 3 atom stereocenters. The molecule has 0 aliphatic carbocycles. The Morgan fingerprint density at radius 2 is 2.03 bits per heavy atom. The van der Waals surface area contributed by atoms with Crippen molar-refractivity contribution in [2.24, 2.45) is 5.92 Å². The van der Waals surface area contributed by atoms with Crippen LogP contribution in [0.15, 0.2) is 24.4 Å². The molecule has 1 aromatic carbocycles. The van der Waals surface area contributed by atoms with E-state index < -0.39 is 35.9 Å². The van der Waals surface area contributed by atoms with Gasteiger partial charge in [-0.05, 0) is 25.8 Å². The number of halogens is 2. The van der Waals surface area contributed by atoms with Crippen LogP contribution >= 0.6 is 0 Å². The molecule has 0 spiro atoms. The normalized spacial score (nSPS) is 18.1. The molecule has 2 aromatic rings. The van der Waals surface area contributed by atoms with E-state index in [0.717, 1.165) is 11.1 Å². The summed E-state index contributed by atoms with van der Waals surface area (Å²) in [5.74, 6) is -0.904. The van der Waals surface area contributed by atoms with Crippen LogP contribution in [0.5, 0.6) is 5.75 Å². The summed E-state index contributed by atoms with van der Waals surface area (Å²) in [6.07, 6.45) is -0.867. The van der Waals surface area contributed by atoms with Gasteiger partial charge < -0.3 is 19.9 Å². The zero-order chi connectivity index (χ0) is 22.7. The Kier molecular flexibility index (Phi) is 6.89. The first-order valence-corrected chi connectivity index (χ1v) is 10.0. The van der Waals surface area contributed by atoms with Gasteiger partial charge >= 0.3 is 6.09 Å². The summed E-state index contributed by atoms with van der Waals surface area (Å²) in [7, 11) is 0. The Hall–Kier alpha value is -3.01. The van der Waals surface area contributed by atoms with Gasteiger partial charge in [0.2, 0.25) is 5.95 Å². The number of rotatable bonds is 8. The van der Waals surface area contributed by atoms with Gasteiger partial charge in [0.1, 0.15) is 24.2 Å². The van der Waals surface area contributed by atoms with Gasteiger partial charge in [-0.3, -0.25) is 0 Å². The van der Waals surface area contributed by atoms with Gasteiger partial charge in [0.15, 0.2) is 11.6 Å². The zero-order valence-electron chi connectivity index (χ0n) is 17.8. The van der Waals surface area contributed by atoms with Crippen LogP contribution in [-0.2, 0) is 4.74 Å². The molecule has 1 aromatic heterocycles. The molecule has 0 radical (unpaired) electrons. The van der Waals surface area contributed by atoms with Gasteiger partial charge in [0, 0.05) is 11.6 Å². The Morgan fingerprint density at radius 3 is 2.68 bits per heavy atom. The molecule has 10 heteroatoms. The van der Waals surface area contributed by atoms with E-state index >= 15 is 0 Å². The minimum Gasteiger partial charge on any atom is -0.493 e. The molecule has 31 heavy (non-hydrogen) atoms. The van der Waals surface area contributed by atoms with Gasteiger partial charge in [-0.25, -0.2) is 23.5 Å². The third-order valence-electron chi connectivity index (χ3n) is 4.78. The second-order valence-corrected chi connectivity index (χ2v) is 7.87. The molecule has 2 heterocycles. The van der Waals surface area contributed by atoms with Crippen molar-refractivity contribution in [2.75, 3.05) is 23.4 Å². The molecule has 168 valence electrons. The topological polar surface area (TPSA) is 96.8 Å². The van der Waals surface area contributed by atoms with Crippen molar-refractivity contribution in [1.29, 1.82) is 0 Å². The number of ether oxygens (including phenoxy) is 2. The van der Waals surface area contributed by atoms with Gasteiger partial charge in [-0.2, -0.15) is 4.98 Å². The van der Waals surface area contributed by atoms with Crippen LogP contribution in [-0.4, -0.2) is 46.5 Å². The van der Waals surface area contributed by atoms with Gasteiger partial charge in [-0.1, -0.05) is 19.9 Å². The number of carbonyl (C=O) groups is 1. The van der Waals surface area contributed by atoms with Crippen LogP contribution in [0.25, 0.3) is 0 Å². The predicted molar refractivity (Wildman–Crippen MR) is 110 cm³/mol. The van der Waals surface area contributed by atoms with Gasteiger partial charge in [0.05, 0.1) is 24.9 Å². The third-order valence-corrected chi connectivity index (χ3v) is 4.78. The fourth-order valence-electron chi connectivity index (χ4n) is 3.11. The molecular formula is C21H26F2N4O4. The summed E-state index contributed by atoms with van der Waals surface area (Å²) in [4.78, 5) is 21.0. The van der Waals surface area contributed by atoms with Crippen molar-refractivity contribution >= 4 is 17.9 Å². The van der Waals surface area contributed by atoms with Crippen LogP contribution in [0, 0.1) is 17.6 Å². The van der Waals surface area contributed by atoms with E-state index in [1.165, 1.54) is 13.0 Å². The number of hydrogen-bond acceptors (Lipinski definition) is 7. The number of cyclic esters (lactones) is 1. The number of hydrogen-bond donors (Lipinski definition) is 2. The first-order chi connectivity index (χ1) is 14.7. The summed E-state index contributed by atoms with van der Waals surface area (Å²) in [6.45, 7) is 7.55. The first-order valence-electron chi connectivity index (χ1n) is 10.0. The van der Waals surface area contributed by atoms with E-state index in [0.29, 0.717) is 23.8 Å². The van der Waals surface area contributed by atoms with Crippen molar-refractivity contribution < 1.29 is 28.2 Å². The number of aromatic nitrogens is 2. The first kappa shape index (κ1) is 22.7. The average Bonchev–Trinajstić information content (AvgIpc) is 3.09. The summed E-state index contributed by atoms with van der Waals surface area (Å²) in [5, 5.41) is 12.8. The molecule has 1 aliphatic heterocycles. The molecule has 1 aliphatic rings. The molecule has 0 bridgehead atoms. The molecule has 1 amide bonds. The zero-order valence-corrected chi connectivity index (χ0v) is 17.8. The van der Waals surface area contributed by atoms with E-state index in [9.17, 15) is 18.7 Å². The molecule has 3 rings (SSSR count). The molecule has 2 N–H and O–H groups in total. The lowest BCUT2D eigenvalue weighted by Crippen LogP contribution is -2.42. The number of anilines is 2. The Balaban J connectivity index is 1.79. The number of amides is 1. The van der Waals surface area contributed by atoms with Crippen molar-refractivity contribution in [1.82, 2.24) is 9.97 Å². The van der Waals surface area contributed by atoms with Crippen molar-refractivity contribution in [3.63, 3.8) is 0 Å². The van der Waals surface area contributed by atoms with E-state index in [2.05, 4.69) is 15.3 Å². The fraction of sp³-hybridized carbons (Fsp3) is 0.476. The second kappa shape index (κ2) is 9.42. The number of benzene rings is 1. The Morgan fingerprint density at radius 1 is 1.29 bits per heavy atom. The van der Waals surface area contributed by atoms with Crippen molar-refractivity contribution in [3.05, 3.63) is 41.6 Å². The number of aliphatic hydroxyl groups is 1. The monoisotopic (exact) mass is 436 g/mol. The minimum atomic E-state index is -0.957. The van der Waals surface area contributed by atoms with E-state index in [4.69, 9.17) is 9.47 Å². The lowest BCUT2D eigenvalue weighted by molar-refractivity contribution is 0.142. The highest BCUT2D eigenvalue weighted by Crippen LogP contribution is 2.28. The van der Waals surface area contributed by atoms with E-state index in [1.54, 1.807) is 19.1 Å². The average molecular weight is 436 g/mol. The number of carbonyl (C=O) groups excluding carboxylic acids is 1. The smallest absolute Gasteiger partial charge is 0.416 e. The lowest BCUT2D eigenvalue weighted by atomic mass is 10.1. The Labute approximate surface area is 179 Å². The fourth-order valence-corrected chi connectivity index (χ4v) is 3.11. The quantitative estimate of drug-likeness (QED) is 0.652. The number of nitrogens with one attached hydrogen (secondary N) is 1. The van der Waals surface area contributed by atoms with Gasteiger partial charge in [0.25, 0.3) is 0 Å². The summed E-state index contributed by atoms with van der Waals surface area (Å²) in [6, 6.07) is 3.23. The van der Waals surface area contributed by atoms with Gasteiger partial charge in [-0.15, -0.1) is 0 Å². The van der Waals surface area contributed by atoms with Crippen molar-refractivity contribution in [3.8, 4) is 5.75 Å². The summed E-state index contributed by atoms with van der Waals surface area (Å²) in [5.41, 5.74) is 0.341. The summed E-state index contributed by atoms with van der Waals surface area (Å²) < 4.78 is 39.4. The molecule has 1 saturated heterocycles. The maximum Gasteiger partial charge on any atom is 0.416 e. The summed E-state index contributed by atoms with van der Waals surface area (Å²) >= 11 is 0. The molecule has 1 unspecified atom stereocenters. The van der Waals surface area contributed by atoms with E-state index in [1.807, 2.05) is 13.8 Å². The Bertz CT molecular complexity index is 942. The standard InChI is InChI=1S/C21H26F2N4O4/c1-11(2)9-30-14-5-6-15(16(22)7-14)12(3)25-20-24-8-17(23)19(26-20)27-18(13(4)28)10-31-21(27)29/h5-8,11-13,18,28H,9-10H2,1-4H3,(H,24,25,26)/t12-,13+,18?/m0/s1.